The number of amides is 2. The number of hydrogen-bond donors (Lipinski definition) is 3. The van der Waals surface area contributed by atoms with E-state index < -0.39 is 0 Å². The highest BCUT2D eigenvalue weighted by atomic mass is 16.5. The number of hydrogen-bond acceptors (Lipinski definition) is 3. The maximum Gasteiger partial charge on any atom is 0.271 e. The average molecular weight is 327 g/mol. The maximum absolute atomic E-state index is 12.2. The Morgan fingerprint density at radius 1 is 1.21 bits per heavy atom. The topological polar surface area (TPSA) is 83.2 Å². The van der Waals surface area contributed by atoms with Crippen molar-refractivity contribution in [2.45, 2.75) is 31.9 Å². The third-order valence-electron chi connectivity index (χ3n) is 3.97. The van der Waals surface area contributed by atoms with Gasteiger partial charge in [-0.2, -0.15) is 0 Å². The zero-order valence-electron chi connectivity index (χ0n) is 13.8. The molecule has 6 nitrogen and oxygen atoms in total. The van der Waals surface area contributed by atoms with E-state index in [2.05, 4.69) is 15.6 Å². The fourth-order valence-corrected chi connectivity index (χ4v) is 2.42. The molecule has 0 bridgehead atoms. The Kier molecular flexibility index (Phi) is 4.55. The minimum atomic E-state index is -0.323. The van der Waals surface area contributed by atoms with E-state index in [1.54, 1.807) is 6.07 Å². The van der Waals surface area contributed by atoms with Crippen LogP contribution < -0.4 is 15.4 Å². The van der Waals surface area contributed by atoms with Gasteiger partial charge in [-0.15, -0.1) is 0 Å². The van der Waals surface area contributed by atoms with Crippen molar-refractivity contribution in [3.8, 4) is 5.75 Å². The van der Waals surface area contributed by atoms with E-state index in [1.165, 1.54) is 7.05 Å². The largest absolute Gasteiger partial charge is 0.484 e. The summed E-state index contributed by atoms with van der Waals surface area (Å²) in [6, 6.07) is 11.5. The summed E-state index contributed by atoms with van der Waals surface area (Å²) in [5.41, 5.74) is 1.57. The maximum atomic E-state index is 12.2. The molecule has 3 rings (SSSR count). The van der Waals surface area contributed by atoms with Crippen LogP contribution in [0.4, 0.5) is 0 Å². The molecule has 126 valence electrons. The van der Waals surface area contributed by atoms with Crippen molar-refractivity contribution in [1.29, 1.82) is 0 Å². The fourth-order valence-electron chi connectivity index (χ4n) is 2.42. The van der Waals surface area contributed by atoms with E-state index in [0.717, 1.165) is 18.4 Å². The standard InChI is InChI=1S/C18H21N3O3/c1-11(12-6-4-3-5-7-12)24-15-10-14(17(22)20-13-8-9-13)21-16(15)18(23)19-2/h3-7,10-11,13,21H,8-9H2,1-2H3,(H,19,23)(H,20,22)/t11-/m1/s1. The Bertz CT molecular complexity index is 735. The molecule has 0 aliphatic heterocycles. The van der Waals surface area contributed by atoms with Crippen molar-refractivity contribution in [1.82, 2.24) is 15.6 Å². The summed E-state index contributed by atoms with van der Waals surface area (Å²) in [5, 5.41) is 5.45. The molecule has 6 heteroatoms. The third kappa shape index (κ3) is 3.59. The van der Waals surface area contributed by atoms with Gasteiger partial charge in [0.2, 0.25) is 0 Å². The third-order valence-corrected chi connectivity index (χ3v) is 3.97. The van der Waals surface area contributed by atoms with Crippen LogP contribution in [0.5, 0.6) is 5.75 Å². The SMILES string of the molecule is CNC(=O)c1[nH]c(C(=O)NC2CC2)cc1O[C@H](C)c1ccccc1. The lowest BCUT2D eigenvalue weighted by molar-refractivity contribution is 0.0946. The lowest BCUT2D eigenvalue weighted by Gasteiger charge is -2.14. The number of benzene rings is 1. The van der Waals surface area contributed by atoms with Crippen LogP contribution in [-0.2, 0) is 0 Å². The van der Waals surface area contributed by atoms with E-state index in [9.17, 15) is 9.59 Å². The van der Waals surface area contributed by atoms with E-state index in [-0.39, 0.29) is 29.7 Å². The number of carbonyl (C=O) groups excluding carboxylic acids is 2. The molecule has 2 amide bonds. The molecule has 1 aliphatic rings. The molecule has 0 unspecified atom stereocenters. The molecule has 1 aromatic carbocycles. The van der Waals surface area contributed by atoms with Crippen LogP contribution in [0.15, 0.2) is 36.4 Å². The van der Waals surface area contributed by atoms with Gasteiger partial charge >= 0.3 is 0 Å². The number of aromatic amines is 1. The Hall–Kier alpha value is -2.76. The van der Waals surface area contributed by atoms with Crippen LogP contribution in [0.3, 0.4) is 0 Å². The van der Waals surface area contributed by atoms with Gasteiger partial charge in [0.15, 0.2) is 5.75 Å². The molecule has 1 atom stereocenters. The van der Waals surface area contributed by atoms with Gasteiger partial charge in [-0.3, -0.25) is 9.59 Å². The number of H-pyrrole nitrogens is 1. The van der Waals surface area contributed by atoms with Crippen LogP contribution in [0, 0.1) is 0 Å². The van der Waals surface area contributed by atoms with Crippen molar-refractivity contribution in [3.05, 3.63) is 53.3 Å². The molecular weight excluding hydrogens is 306 g/mol. The first-order valence-electron chi connectivity index (χ1n) is 8.06. The predicted octanol–water partition coefficient (Wildman–Crippen LogP) is 2.41. The second kappa shape index (κ2) is 6.78. The van der Waals surface area contributed by atoms with Gasteiger partial charge in [-0.1, -0.05) is 30.3 Å². The molecule has 0 radical (unpaired) electrons. The van der Waals surface area contributed by atoms with E-state index >= 15 is 0 Å². The predicted molar refractivity (Wildman–Crippen MR) is 90.2 cm³/mol. The lowest BCUT2D eigenvalue weighted by atomic mass is 10.1. The zero-order valence-corrected chi connectivity index (χ0v) is 13.8. The van der Waals surface area contributed by atoms with Crippen molar-refractivity contribution < 1.29 is 14.3 Å². The summed E-state index contributed by atoms with van der Waals surface area (Å²) in [7, 11) is 1.54. The van der Waals surface area contributed by atoms with Gasteiger partial charge in [-0.25, -0.2) is 0 Å². The molecule has 24 heavy (non-hydrogen) atoms. The molecule has 0 saturated heterocycles. The van der Waals surface area contributed by atoms with Gasteiger partial charge < -0.3 is 20.4 Å². The highest BCUT2D eigenvalue weighted by Gasteiger charge is 2.26. The number of rotatable bonds is 6. The fraction of sp³-hybridized carbons (Fsp3) is 0.333. The van der Waals surface area contributed by atoms with Crippen molar-refractivity contribution in [2.24, 2.45) is 0 Å². The van der Waals surface area contributed by atoms with Gasteiger partial charge in [0.05, 0.1) is 0 Å². The van der Waals surface area contributed by atoms with Crippen LogP contribution in [-0.4, -0.2) is 29.9 Å². The summed E-state index contributed by atoms with van der Waals surface area (Å²) in [4.78, 5) is 27.1. The second-order valence-electron chi connectivity index (χ2n) is 5.92. The number of nitrogens with one attached hydrogen (secondary N) is 3. The Morgan fingerprint density at radius 2 is 1.92 bits per heavy atom. The van der Waals surface area contributed by atoms with Crippen molar-refractivity contribution in [3.63, 3.8) is 0 Å². The summed E-state index contributed by atoms with van der Waals surface area (Å²) >= 11 is 0. The zero-order chi connectivity index (χ0) is 17.1. The van der Waals surface area contributed by atoms with Crippen LogP contribution in [0.1, 0.15) is 52.4 Å². The summed E-state index contributed by atoms with van der Waals surface area (Å²) in [6.07, 6.45) is 1.76. The van der Waals surface area contributed by atoms with Crippen LogP contribution in [0.25, 0.3) is 0 Å². The van der Waals surface area contributed by atoms with E-state index in [1.807, 2.05) is 37.3 Å². The molecule has 1 saturated carbocycles. The Morgan fingerprint density at radius 3 is 2.54 bits per heavy atom. The van der Waals surface area contributed by atoms with Crippen molar-refractivity contribution in [2.75, 3.05) is 7.05 Å². The highest BCUT2D eigenvalue weighted by Crippen LogP contribution is 2.27. The summed E-state index contributed by atoms with van der Waals surface area (Å²) in [6.45, 7) is 1.90. The van der Waals surface area contributed by atoms with Gasteiger partial charge in [0, 0.05) is 19.2 Å². The smallest absolute Gasteiger partial charge is 0.271 e. The number of carbonyl (C=O) groups is 2. The molecule has 1 fully saturated rings. The average Bonchev–Trinajstić information content (AvgIpc) is 3.32. The molecule has 1 heterocycles. The molecule has 2 aromatic rings. The lowest BCUT2D eigenvalue weighted by Crippen LogP contribution is -2.26. The first-order chi connectivity index (χ1) is 11.6. The summed E-state index contributed by atoms with van der Waals surface area (Å²) < 4.78 is 5.93. The highest BCUT2D eigenvalue weighted by molar-refractivity contribution is 5.99. The normalized spacial score (nSPS) is 14.8. The van der Waals surface area contributed by atoms with Crippen LogP contribution in [0.2, 0.25) is 0 Å². The molecule has 1 aromatic heterocycles. The molecule has 3 N–H and O–H groups in total. The van der Waals surface area contributed by atoms with E-state index in [4.69, 9.17) is 4.74 Å². The monoisotopic (exact) mass is 327 g/mol. The molecular formula is C18H21N3O3. The first-order valence-corrected chi connectivity index (χ1v) is 8.06. The van der Waals surface area contributed by atoms with E-state index in [0.29, 0.717) is 11.4 Å². The van der Waals surface area contributed by atoms with Crippen LogP contribution >= 0.6 is 0 Å². The summed E-state index contributed by atoms with van der Waals surface area (Å²) in [5.74, 6) is -0.174. The van der Waals surface area contributed by atoms with Gasteiger partial charge in [0.1, 0.15) is 17.5 Å². The molecule has 1 aliphatic carbocycles. The Balaban J connectivity index is 1.83. The minimum Gasteiger partial charge on any atom is -0.484 e. The minimum absolute atomic E-state index is 0.218. The second-order valence-corrected chi connectivity index (χ2v) is 5.92. The number of aromatic nitrogens is 1. The quantitative estimate of drug-likeness (QED) is 0.762. The van der Waals surface area contributed by atoms with Crippen molar-refractivity contribution >= 4 is 11.8 Å². The first kappa shape index (κ1) is 16.1. The Labute approximate surface area is 140 Å². The number of ether oxygens (including phenoxy) is 1. The molecule has 0 spiro atoms. The van der Waals surface area contributed by atoms with Gasteiger partial charge in [-0.05, 0) is 25.3 Å². The van der Waals surface area contributed by atoms with Gasteiger partial charge in [0.25, 0.3) is 11.8 Å².